The number of hydrogen-bond donors (Lipinski definition) is 0. The zero-order valence-electron chi connectivity index (χ0n) is 5.16. The quantitative estimate of drug-likeness (QED) is 0.535. The summed E-state index contributed by atoms with van der Waals surface area (Å²) >= 11 is 0. The Labute approximate surface area is 58.7 Å². The van der Waals surface area contributed by atoms with Gasteiger partial charge in [-0.2, -0.15) is 5.26 Å². The predicted molar refractivity (Wildman–Crippen MR) is 35.4 cm³/mol. The second-order valence-electron chi connectivity index (χ2n) is 1.75. The molecule has 1 radical (unpaired) electrons. The Bertz CT molecular complexity index is 286. The van der Waals surface area contributed by atoms with Crippen LogP contribution >= 0.6 is 0 Å². The van der Waals surface area contributed by atoms with E-state index in [0.29, 0.717) is 17.4 Å². The monoisotopic (exact) mass is 130 g/mol. The van der Waals surface area contributed by atoms with Crippen molar-refractivity contribution < 1.29 is 4.79 Å². The van der Waals surface area contributed by atoms with E-state index in [4.69, 9.17) is 5.26 Å². The van der Waals surface area contributed by atoms with Gasteiger partial charge in [0, 0.05) is 11.6 Å². The first kappa shape index (κ1) is 6.50. The van der Waals surface area contributed by atoms with Crippen molar-refractivity contribution in [3.63, 3.8) is 0 Å². The molecule has 0 aliphatic carbocycles. The average molecular weight is 130 g/mol. The minimum absolute atomic E-state index is 0.393. The summed E-state index contributed by atoms with van der Waals surface area (Å²) in [6.45, 7) is 0. The van der Waals surface area contributed by atoms with Gasteiger partial charge < -0.3 is 0 Å². The van der Waals surface area contributed by atoms with Gasteiger partial charge >= 0.3 is 0 Å². The number of rotatable bonds is 1. The maximum Gasteiger partial charge on any atom is 0.150 e. The van der Waals surface area contributed by atoms with Crippen molar-refractivity contribution in [2.75, 3.05) is 0 Å². The normalized spacial score (nSPS) is 8.30. The third kappa shape index (κ3) is 1.20. The van der Waals surface area contributed by atoms with Gasteiger partial charge in [0.25, 0.3) is 0 Å². The highest BCUT2D eigenvalue weighted by Crippen LogP contribution is 1.98. The second-order valence-corrected chi connectivity index (χ2v) is 1.75. The third-order valence-electron chi connectivity index (χ3n) is 1.07. The molecule has 0 spiro atoms. The summed E-state index contributed by atoms with van der Waals surface area (Å²) in [6, 6.07) is 9.36. The maximum absolute atomic E-state index is 10.1. The lowest BCUT2D eigenvalue weighted by molar-refractivity contribution is 0.112. The summed E-state index contributed by atoms with van der Waals surface area (Å²) in [6.07, 6.45) is 0.668. The molecule has 0 unspecified atom stereocenters. The van der Waals surface area contributed by atoms with Gasteiger partial charge in [0.2, 0.25) is 0 Å². The number of carbonyl (C=O) groups is 1. The smallest absolute Gasteiger partial charge is 0.150 e. The standard InChI is InChI=1S/C8H4NO/c9-5-7-2-1-3-8(4-7)6-10/h1-3,6H. The summed E-state index contributed by atoms with van der Waals surface area (Å²) in [4.78, 5) is 10.1. The third-order valence-corrected chi connectivity index (χ3v) is 1.07. The molecule has 2 nitrogen and oxygen atoms in total. The minimum atomic E-state index is 0.393. The Hall–Kier alpha value is -1.62. The van der Waals surface area contributed by atoms with Crippen molar-refractivity contribution in [1.82, 2.24) is 0 Å². The number of carbonyl (C=O) groups excluding carboxylic acids is 1. The van der Waals surface area contributed by atoms with Crippen LogP contribution in [-0.4, -0.2) is 6.29 Å². The molecule has 0 aromatic heterocycles. The van der Waals surface area contributed by atoms with Crippen LogP contribution in [-0.2, 0) is 0 Å². The Kier molecular flexibility index (Phi) is 1.81. The number of hydrogen-bond acceptors (Lipinski definition) is 2. The van der Waals surface area contributed by atoms with Crippen molar-refractivity contribution in [3.05, 3.63) is 35.4 Å². The van der Waals surface area contributed by atoms with Gasteiger partial charge in [0.15, 0.2) is 6.29 Å². The van der Waals surface area contributed by atoms with Gasteiger partial charge in [0.05, 0.1) is 11.6 Å². The topological polar surface area (TPSA) is 40.9 Å². The first-order valence-corrected chi connectivity index (χ1v) is 2.74. The molecule has 0 N–H and O–H groups in total. The summed E-state index contributed by atoms with van der Waals surface area (Å²) in [5, 5.41) is 8.36. The summed E-state index contributed by atoms with van der Waals surface area (Å²) in [5.74, 6) is 0. The number of nitrogens with zero attached hydrogens (tertiary/aromatic N) is 1. The van der Waals surface area contributed by atoms with E-state index < -0.39 is 0 Å². The fraction of sp³-hybridized carbons (Fsp3) is 0. The average Bonchev–Trinajstić information content (AvgIpc) is 2.05. The fourth-order valence-corrected chi connectivity index (χ4v) is 0.621. The number of aldehydes is 1. The van der Waals surface area contributed by atoms with E-state index in [9.17, 15) is 4.79 Å². The zero-order chi connectivity index (χ0) is 7.40. The van der Waals surface area contributed by atoms with Gasteiger partial charge in [-0.25, -0.2) is 0 Å². The van der Waals surface area contributed by atoms with Crippen LogP contribution in [0.3, 0.4) is 0 Å². The molecule has 0 saturated heterocycles. The molecule has 0 aliphatic heterocycles. The molecule has 0 bridgehead atoms. The molecule has 1 aromatic carbocycles. The first-order valence-electron chi connectivity index (χ1n) is 2.74. The predicted octanol–water partition coefficient (Wildman–Crippen LogP) is 1.17. The van der Waals surface area contributed by atoms with Gasteiger partial charge in [-0.05, 0) is 6.07 Å². The van der Waals surface area contributed by atoms with Crippen LogP contribution < -0.4 is 0 Å². The van der Waals surface area contributed by atoms with Crippen LogP contribution in [0, 0.1) is 17.4 Å². The number of benzene rings is 1. The molecule has 47 valence electrons. The first-order chi connectivity index (χ1) is 4.86. The van der Waals surface area contributed by atoms with E-state index in [-0.39, 0.29) is 0 Å². The van der Waals surface area contributed by atoms with Crippen molar-refractivity contribution in [3.8, 4) is 6.07 Å². The van der Waals surface area contributed by atoms with Crippen LogP contribution in [0.15, 0.2) is 18.2 Å². The Morgan fingerprint density at radius 2 is 2.40 bits per heavy atom. The van der Waals surface area contributed by atoms with Crippen LogP contribution in [0.2, 0.25) is 0 Å². The maximum atomic E-state index is 10.1. The van der Waals surface area contributed by atoms with Crippen molar-refractivity contribution >= 4 is 6.29 Å². The molecule has 10 heavy (non-hydrogen) atoms. The van der Waals surface area contributed by atoms with Crippen LogP contribution in [0.5, 0.6) is 0 Å². The van der Waals surface area contributed by atoms with Crippen LogP contribution in [0.4, 0.5) is 0 Å². The highest BCUT2D eigenvalue weighted by atomic mass is 16.1. The van der Waals surface area contributed by atoms with E-state index in [1.165, 1.54) is 0 Å². The van der Waals surface area contributed by atoms with Gasteiger partial charge in [0.1, 0.15) is 0 Å². The summed E-state index contributed by atoms with van der Waals surface area (Å²) < 4.78 is 0. The highest BCUT2D eigenvalue weighted by Gasteiger charge is 1.91. The lowest BCUT2D eigenvalue weighted by Gasteiger charge is -1.86. The van der Waals surface area contributed by atoms with E-state index >= 15 is 0 Å². The fourth-order valence-electron chi connectivity index (χ4n) is 0.621. The van der Waals surface area contributed by atoms with Crippen LogP contribution in [0.25, 0.3) is 0 Å². The molecule has 2 heteroatoms. The summed E-state index contributed by atoms with van der Waals surface area (Å²) in [5.41, 5.74) is 0.809. The van der Waals surface area contributed by atoms with E-state index in [1.807, 2.05) is 6.07 Å². The van der Waals surface area contributed by atoms with Gasteiger partial charge in [-0.3, -0.25) is 4.79 Å². The highest BCUT2D eigenvalue weighted by molar-refractivity contribution is 5.74. The molecule has 0 heterocycles. The Morgan fingerprint density at radius 3 is 3.00 bits per heavy atom. The van der Waals surface area contributed by atoms with Gasteiger partial charge in [-0.15, -0.1) is 0 Å². The van der Waals surface area contributed by atoms with Crippen molar-refractivity contribution in [1.29, 1.82) is 5.26 Å². The molecule has 0 saturated carbocycles. The lowest BCUT2D eigenvalue weighted by atomic mass is 10.2. The largest absolute Gasteiger partial charge is 0.298 e. The molecule has 0 aliphatic rings. The van der Waals surface area contributed by atoms with Gasteiger partial charge in [-0.1, -0.05) is 12.1 Å². The lowest BCUT2D eigenvalue weighted by Crippen LogP contribution is -1.80. The SMILES string of the molecule is N#Cc1[c]c(C=O)ccc1. The van der Waals surface area contributed by atoms with Crippen molar-refractivity contribution in [2.45, 2.75) is 0 Å². The molecule has 1 aromatic rings. The molecule has 0 atom stereocenters. The number of nitriles is 1. The van der Waals surface area contributed by atoms with E-state index in [0.717, 1.165) is 0 Å². The van der Waals surface area contributed by atoms with Crippen LogP contribution in [0.1, 0.15) is 15.9 Å². The molecule has 0 fully saturated rings. The molecule has 1 rings (SSSR count). The Balaban J connectivity index is 3.13. The minimum Gasteiger partial charge on any atom is -0.298 e. The summed E-state index contributed by atoms with van der Waals surface area (Å²) in [7, 11) is 0. The molecular weight excluding hydrogens is 126 g/mol. The van der Waals surface area contributed by atoms with Crippen molar-refractivity contribution in [2.24, 2.45) is 0 Å². The molecular formula is C8H4NO. The van der Waals surface area contributed by atoms with E-state index in [2.05, 4.69) is 6.07 Å². The molecule has 0 amide bonds. The zero-order valence-corrected chi connectivity index (χ0v) is 5.16. The second kappa shape index (κ2) is 2.79. The van der Waals surface area contributed by atoms with E-state index in [1.54, 1.807) is 18.2 Å². The Morgan fingerprint density at radius 1 is 1.60 bits per heavy atom.